The topological polar surface area (TPSA) is 42.2 Å². The van der Waals surface area contributed by atoms with E-state index in [0.29, 0.717) is 5.69 Å². The summed E-state index contributed by atoms with van der Waals surface area (Å²) in [4.78, 5) is 8.27. The Morgan fingerprint density at radius 2 is 2.28 bits per heavy atom. The van der Waals surface area contributed by atoms with Gasteiger partial charge in [-0.25, -0.2) is 9.37 Å². The van der Waals surface area contributed by atoms with Crippen LogP contribution in [0, 0.1) is 5.82 Å². The highest BCUT2D eigenvalue weighted by Gasteiger charge is 2.10. The largest absolute Gasteiger partial charge is 0.370 e. The number of benzene rings is 1. The van der Waals surface area contributed by atoms with E-state index in [1.54, 1.807) is 29.4 Å². The van der Waals surface area contributed by atoms with Crippen LogP contribution in [0.15, 0.2) is 41.9 Å². The summed E-state index contributed by atoms with van der Waals surface area (Å²) in [6.07, 6.45) is 5.95. The van der Waals surface area contributed by atoms with Gasteiger partial charge in [-0.15, -0.1) is 0 Å². The summed E-state index contributed by atoms with van der Waals surface area (Å²) >= 11 is 0. The number of hydrogen-bond donors (Lipinski definition) is 1. The minimum absolute atomic E-state index is 0.277. The zero-order valence-electron chi connectivity index (χ0n) is 9.81. The van der Waals surface area contributed by atoms with Gasteiger partial charge >= 0.3 is 0 Å². The molecule has 1 aromatic heterocycles. The summed E-state index contributed by atoms with van der Waals surface area (Å²) in [7, 11) is 0. The van der Waals surface area contributed by atoms with Gasteiger partial charge in [0.25, 0.3) is 0 Å². The van der Waals surface area contributed by atoms with Crippen molar-refractivity contribution >= 4 is 5.84 Å². The van der Waals surface area contributed by atoms with Gasteiger partial charge in [0.15, 0.2) is 0 Å². The number of nitrogens with zero attached hydrogens (tertiary/aromatic N) is 3. The Bertz CT molecular complexity index is 575. The quantitative estimate of drug-likeness (QED) is 0.874. The molecule has 0 bridgehead atoms. The number of amidine groups is 1. The lowest BCUT2D eigenvalue weighted by Gasteiger charge is -2.15. The zero-order chi connectivity index (χ0) is 12.4. The number of nitrogens with one attached hydrogen (secondary N) is 1. The van der Waals surface area contributed by atoms with E-state index in [-0.39, 0.29) is 5.82 Å². The standard InChI is InChI=1S/C13H13FN4/c14-11-8-10(13-16-4-1-5-17-13)2-3-12(11)18-7-6-15-9-18/h2-3,6-9H,1,4-5H2,(H,16,17). The van der Waals surface area contributed by atoms with Crippen molar-refractivity contribution in [3.8, 4) is 5.69 Å². The number of halogens is 1. The predicted octanol–water partition coefficient (Wildman–Crippen LogP) is 1.75. The first-order valence-corrected chi connectivity index (χ1v) is 5.91. The predicted molar refractivity (Wildman–Crippen MR) is 67.5 cm³/mol. The van der Waals surface area contributed by atoms with Crippen LogP contribution in [0.2, 0.25) is 0 Å². The fourth-order valence-corrected chi connectivity index (χ4v) is 1.99. The first-order valence-electron chi connectivity index (χ1n) is 5.91. The van der Waals surface area contributed by atoms with E-state index < -0.39 is 0 Å². The van der Waals surface area contributed by atoms with Crippen molar-refractivity contribution in [3.05, 3.63) is 48.3 Å². The molecule has 0 atom stereocenters. The highest BCUT2D eigenvalue weighted by atomic mass is 19.1. The average Bonchev–Trinajstić information content (AvgIpc) is 2.93. The van der Waals surface area contributed by atoms with E-state index in [1.165, 1.54) is 6.07 Å². The van der Waals surface area contributed by atoms with Crippen molar-refractivity contribution < 1.29 is 4.39 Å². The molecule has 4 nitrogen and oxygen atoms in total. The van der Waals surface area contributed by atoms with Gasteiger partial charge in [-0.1, -0.05) is 0 Å². The van der Waals surface area contributed by atoms with Gasteiger partial charge in [0.2, 0.25) is 0 Å². The Morgan fingerprint density at radius 3 is 2.94 bits per heavy atom. The molecule has 0 fully saturated rings. The number of imidazole rings is 1. The molecule has 2 heterocycles. The maximum absolute atomic E-state index is 14.0. The number of hydrogen-bond acceptors (Lipinski definition) is 3. The van der Waals surface area contributed by atoms with E-state index in [0.717, 1.165) is 30.9 Å². The molecular formula is C13H13FN4. The van der Waals surface area contributed by atoms with Crippen molar-refractivity contribution in [2.45, 2.75) is 6.42 Å². The van der Waals surface area contributed by atoms with E-state index >= 15 is 0 Å². The van der Waals surface area contributed by atoms with Crippen molar-refractivity contribution in [1.29, 1.82) is 0 Å². The minimum Gasteiger partial charge on any atom is -0.370 e. The second-order valence-corrected chi connectivity index (χ2v) is 4.15. The maximum Gasteiger partial charge on any atom is 0.147 e. The monoisotopic (exact) mass is 244 g/mol. The highest BCUT2D eigenvalue weighted by Crippen LogP contribution is 2.15. The van der Waals surface area contributed by atoms with Crippen LogP contribution in [0.3, 0.4) is 0 Å². The molecule has 0 saturated carbocycles. The summed E-state index contributed by atoms with van der Waals surface area (Å²) in [6, 6.07) is 5.12. The lowest BCUT2D eigenvalue weighted by Crippen LogP contribution is -2.30. The minimum atomic E-state index is -0.277. The van der Waals surface area contributed by atoms with Crippen LogP contribution in [0.25, 0.3) is 5.69 Å². The fourth-order valence-electron chi connectivity index (χ4n) is 1.99. The van der Waals surface area contributed by atoms with Gasteiger partial charge < -0.3 is 9.88 Å². The molecule has 2 aromatic rings. The molecule has 0 radical (unpaired) electrons. The summed E-state index contributed by atoms with van der Waals surface area (Å²) < 4.78 is 15.7. The van der Waals surface area contributed by atoms with Crippen molar-refractivity contribution in [2.75, 3.05) is 13.1 Å². The van der Waals surface area contributed by atoms with E-state index in [9.17, 15) is 4.39 Å². The zero-order valence-corrected chi connectivity index (χ0v) is 9.81. The molecule has 1 aromatic carbocycles. The van der Waals surface area contributed by atoms with Crippen LogP contribution < -0.4 is 5.32 Å². The second kappa shape index (κ2) is 4.60. The lowest BCUT2D eigenvalue weighted by molar-refractivity contribution is 0.617. The summed E-state index contributed by atoms with van der Waals surface area (Å²) in [5.74, 6) is 0.498. The number of aliphatic imine (C=N–C) groups is 1. The molecular weight excluding hydrogens is 231 g/mol. The molecule has 0 amide bonds. The highest BCUT2D eigenvalue weighted by molar-refractivity contribution is 5.99. The fraction of sp³-hybridized carbons (Fsp3) is 0.231. The van der Waals surface area contributed by atoms with Gasteiger partial charge in [-0.05, 0) is 24.6 Å². The molecule has 18 heavy (non-hydrogen) atoms. The normalized spacial score (nSPS) is 15.1. The van der Waals surface area contributed by atoms with E-state index in [1.807, 2.05) is 6.07 Å². The first-order chi connectivity index (χ1) is 8.84. The molecule has 1 N–H and O–H groups in total. The molecule has 0 saturated heterocycles. The molecule has 92 valence electrons. The second-order valence-electron chi connectivity index (χ2n) is 4.15. The van der Waals surface area contributed by atoms with Gasteiger partial charge in [0, 0.05) is 31.0 Å². The van der Waals surface area contributed by atoms with Crippen LogP contribution in [0.5, 0.6) is 0 Å². The number of aromatic nitrogens is 2. The van der Waals surface area contributed by atoms with Crippen LogP contribution in [-0.4, -0.2) is 28.5 Å². The third-order valence-corrected chi connectivity index (χ3v) is 2.90. The third-order valence-electron chi connectivity index (χ3n) is 2.90. The number of rotatable bonds is 2. The summed E-state index contributed by atoms with van der Waals surface area (Å²) in [5, 5.41) is 3.18. The lowest BCUT2D eigenvalue weighted by atomic mass is 10.1. The van der Waals surface area contributed by atoms with Crippen molar-refractivity contribution in [3.63, 3.8) is 0 Å². The molecule has 0 aliphatic carbocycles. The first kappa shape index (κ1) is 11.0. The van der Waals surface area contributed by atoms with Crippen LogP contribution in [0.4, 0.5) is 4.39 Å². The van der Waals surface area contributed by atoms with Gasteiger partial charge in [0.1, 0.15) is 11.7 Å². The molecule has 1 aliphatic heterocycles. The smallest absolute Gasteiger partial charge is 0.147 e. The average molecular weight is 244 g/mol. The van der Waals surface area contributed by atoms with Gasteiger partial charge in [0.05, 0.1) is 12.0 Å². The van der Waals surface area contributed by atoms with Crippen molar-refractivity contribution in [1.82, 2.24) is 14.9 Å². The summed E-state index contributed by atoms with van der Waals surface area (Å²) in [6.45, 7) is 1.69. The van der Waals surface area contributed by atoms with Crippen LogP contribution >= 0.6 is 0 Å². The molecule has 3 rings (SSSR count). The Labute approximate surface area is 104 Å². The van der Waals surface area contributed by atoms with E-state index in [2.05, 4.69) is 15.3 Å². The van der Waals surface area contributed by atoms with Crippen molar-refractivity contribution in [2.24, 2.45) is 4.99 Å². The van der Waals surface area contributed by atoms with E-state index in [4.69, 9.17) is 0 Å². The molecule has 1 aliphatic rings. The van der Waals surface area contributed by atoms with Gasteiger partial charge in [-0.3, -0.25) is 4.99 Å². The molecule has 5 heteroatoms. The maximum atomic E-state index is 14.0. The summed E-state index contributed by atoms with van der Waals surface area (Å²) in [5.41, 5.74) is 1.28. The Kier molecular flexibility index (Phi) is 2.80. The van der Waals surface area contributed by atoms with Crippen LogP contribution in [0.1, 0.15) is 12.0 Å². The molecule has 0 unspecified atom stereocenters. The Hall–Kier alpha value is -2.17. The van der Waals surface area contributed by atoms with Crippen LogP contribution in [-0.2, 0) is 0 Å². The van der Waals surface area contributed by atoms with Gasteiger partial charge in [-0.2, -0.15) is 0 Å². The Balaban J connectivity index is 1.96. The Morgan fingerprint density at radius 1 is 1.33 bits per heavy atom. The molecule has 0 spiro atoms. The SMILES string of the molecule is Fc1cc(C2=NCCCN2)ccc1-n1ccnc1. The third kappa shape index (κ3) is 1.99.